The molecule has 6 heteroatoms. The number of aromatic nitrogens is 2. The molecule has 0 fully saturated rings. The summed E-state index contributed by atoms with van der Waals surface area (Å²) in [6, 6.07) is 5.78. The summed E-state index contributed by atoms with van der Waals surface area (Å²) in [6.07, 6.45) is 0. The molecule has 0 bridgehead atoms. The molecule has 2 aromatic rings. The molecule has 0 spiro atoms. The number of nitrogens with one attached hydrogen (secondary N) is 1. The molecule has 16 heavy (non-hydrogen) atoms. The van der Waals surface area contributed by atoms with Crippen LogP contribution in [0.1, 0.15) is 0 Å². The molecule has 1 aliphatic heterocycles. The summed E-state index contributed by atoms with van der Waals surface area (Å²) < 4.78 is 11.6. The summed E-state index contributed by atoms with van der Waals surface area (Å²) in [4.78, 5) is 0. The summed E-state index contributed by atoms with van der Waals surface area (Å²) in [5, 5.41) is 7.75. The van der Waals surface area contributed by atoms with E-state index in [0.29, 0.717) is 17.2 Å². The molecule has 0 atom stereocenters. The van der Waals surface area contributed by atoms with Crippen LogP contribution < -0.4 is 9.47 Å². The van der Waals surface area contributed by atoms with Crippen molar-refractivity contribution in [2.24, 2.45) is 0 Å². The molecule has 0 radical (unpaired) electrons. The van der Waals surface area contributed by atoms with E-state index < -0.39 is 0 Å². The Morgan fingerprint density at radius 3 is 2.81 bits per heavy atom. The molecule has 2 heterocycles. The molecular formula is C10H8N2O2S2. The van der Waals surface area contributed by atoms with Crippen molar-refractivity contribution in [2.45, 2.75) is 0 Å². The Labute approximate surface area is 101 Å². The predicted octanol–water partition coefficient (Wildman–Crippen LogP) is 2.64. The summed E-state index contributed by atoms with van der Waals surface area (Å²) in [6.45, 7) is 1.19. The standard InChI is InChI=1S/C10H8N2O2S2/c15-10-12-11-9(16-10)6-1-2-7-8(5-6)14-4-3-13-7/h1-2,5H,3-4H2,(H,12,15). The van der Waals surface area contributed by atoms with Crippen LogP contribution in [0.2, 0.25) is 0 Å². The normalized spacial score (nSPS) is 13.8. The quantitative estimate of drug-likeness (QED) is 0.793. The first-order valence-corrected chi connectivity index (χ1v) is 6.01. The number of ether oxygens (including phenoxy) is 2. The van der Waals surface area contributed by atoms with Crippen LogP contribution in [0, 0.1) is 3.95 Å². The average molecular weight is 252 g/mol. The minimum Gasteiger partial charge on any atom is -0.486 e. The van der Waals surface area contributed by atoms with E-state index in [1.165, 1.54) is 11.3 Å². The molecule has 3 rings (SSSR count). The Hall–Kier alpha value is -1.40. The maximum atomic E-state index is 5.51. The van der Waals surface area contributed by atoms with Crippen LogP contribution in [0.15, 0.2) is 18.2 Å². The zero-order valence-corrected chi connectivity index (χ0v) is 9.86. The first-order chi connectivity index (χ1) is 7.83. The fourth-order valence-corrected chi connectivity index (χ4v) is 2.42. The Kier molecular flexibility index (Phi) is 2.37. The highest BCUT2D eigenvalue weighted by atomic mass is 32.1. The number of hydrogen-bond acceptors (Lipinski definition) is 5. The van der Waals surface area contributed by atoms with Gasteiger partial charge in [0, 0.05) is 5.56 Å². The van der Waals surface area contributed by atoms with Crippen molar-refractivity contribution in [3.63, 3.8) is 0 Å². The summed E-state index contributed by atoms with van der Waals surface area (Å²) in [5.41, 5.74) is 0.988. The molecule has 0 aliphatic carbocycles. The van der Waals surface area contributed by atoms with E-state index in [1.54, 1.807) is 0 Å². The molecule has 0 saturated carbocycles. The highest BCUT2D eigenvalue weighted by molar-refractivity contribution is 7.73. The van der Waals surface area contributed by atoms with Crippen molar-refractivity contribution < 1.29 is 9.47 Å². The van der Waals surface area contributed by atoms with Gasteiger partial charge in [-0.1, -0.05) is 11.3 Å². The van der Waals surface area contributed by atoms with Crippen LogP contribution in [0.3, 0.4) is 0 Å². The smallest absolute Gasteiger partial charge is 0.176 e. The van der Waals surface area contributed by atoms with Crippen LogP contribution in [-0.2, 0) is 0 Å². The Morgan fingerprint density at radius 2 is 2.06 bits per heavy atom. The topological polar surface area (TPSA) is 47.1 Å². The predicted molar refractivity (Wildman–Crippen MR) is 63.7 cm³/mol. The first kappa shape index (κ1) is 9.80. The third-order valence-electron chi connectivity index (χ3n) is 2.23. The van der Waals surface area contributed by atoms with Gasteiger partial charge < -0.3 is 9.47 Å². The Bertz CT molecular complexity index is 576. The summed E-state index contributed by atoms with van der Waals surface area (Å²) in [5.74, 6) is 1.55. The van der Waals surface area contributed by atoms with Crippen LogP contribution in [0.25, 0.3) is 10.6 Å². The second-order valence-electron chi connectivity index (χ2n) is 3.28. The number of fused-ring (bicyclic) bond motifs is 1. The average Bonchev–Trinajstić information content (AvgIpc) is 2.75. The third-order valence-corrected chi connectivity index (χ3v) is 3.37. The molecule has 4 nitrogen and oxygen atoms in total. The molecule has 1 N–H and O–H groups in total. The fraction of sp³-hybridized carbons (Fsp3) is 0.200. The highest BCUT2D eigenvalue weighted by Gasteiger charge is 2.13. The van der Waals surface area contributed by atoms with Crippen LogP contribution >= 0.6 is 23.6 Å². The van der Waals surface area contributed by atoms with Gasteiger partial charge in [-0.3, -0.25) is 5.10 Å². The van der Waals surface area contributed by atoms with Crippen LogP contribution in [-0.4, -0.2) is 23.4 Å². The van der Waals surface area contributed by atoms with E-state index in [0.717, 1.165) is 22.1 Å². The zero-order chi connectivity index (χ0) is 11.0. The summed E-state index contributed by atoms with van der Waals surface area (Å²) >= 11 is 6.44. The van der Waals surface area contributed by atoms with Gasteiger partial charge in [-0.2, -0.15) is 5.10 Å². The monoisotopic (exact) mass is 252 g/mol. The molecule has 82 valence electrons. The summed E-state index contributed by atoms with van der Waals surface area (Å²) in [7, 11) is 0. The van der Waals surface area contributed by atoms with Crippen molar-refractivity contribution in [3.8, 4) is 22.1 Å². The van der Waals surface area contributed by atoms with E-state index in [9.17, 15) is 0 Å². The van der Waals surface area contributed by atoms with Gasteiger partial charge in [-0.05, 0) is 30.4 Å². The lowest BCUT2D eigenvalue weighted by molar-refractivity contribution is 0.171. The van der Waals surface area contributed by atoms with Crippen molar-refractivity contribution in [3.05, 3.63) is 22.2 Å². The second-order valence-corrected chi connectivity index (χ2v) is 4.94. The molecule has 1 aliphatic rings. The SMILES string of the molecule is S=c1[nH]nc(-c2ccc3c(c2)OCCO3)s1. The number of hydrogen-bond donors (Lipinski definition) is 1. The minimum atomic E-state index is 0.590. The second kappa shape index (κ2) is 3.88. The molecule has 1 aromatic carbocycles. The molecule has 0 amide bonds. The van der Waals surface area contributed by atoms with Crippen molar-refractivity contribution in [1.29, 1.82) is 0 Å². The van der Waals surface area contributed by atoms with Gasteiger partial charge in [-0.25, -0.2) is 0 Å². The van der Waals surface area contributed by atoms with Crippen molar-refractivity contribution in [2.75, 3.05) is 13.2 Å². The van der Waals surface area contributed by atoms with E-state index in [2.05, 4.69) is 10.2 Å². The van der Waals surface area contributed by atoms with Crippen LogP contribution in [0.5, 0.6) is 11.5 Å². The van der Waals surface area contributed by atoms with Gasteiger partial charge in [0.1, 0.15) is 18.2 Å². The van der Waals surface area contributed by atoms with E-state index in [1.807, 2.05) is 18.2 Å². The van der Waals surface area contributed by atoms with Gasteiger partial charge in [0.15, 0.2) is 15.5 Å². The number of aromatic amines is 1. The number of benzene rings is 1. The van der Waals surface area contributed by atoms with E-state index in [-0.39, 0.29) is 0 Å². The molecule has 1 aromatic heterocycles. The van der Waals surface area contributed by atoms with Gasteiger partial charge >= 0.3 is 0 Å². The van der Waals surface area contributed by atoms with Crippen molar-refractivity contribution in [1.82, 2.24) is 10.2 Å². The minimum absolute atomic E-state index is 0.590. The van der Waals surface area contributed by atoms with E-state index >= 15 is 0 Å². The van der Waals surface area contributed by atoms with E-state index in [4.69, 9.17) is 21.7 Å². The maximum absolute atomic E-state index is 5.51. The lowest BCUT2D eigenvalue weighted by Crippen LogP contribution is -2.15. The van der Waals surface area contributed by atoms with Gasteiger partial charge in [0.05, 0.1) is 0 Å². The molecular weight excluding hydrogens is 244 g/mol. The van der Waals surface area contributed by atoms with Gasteiger partial charge in [0.2, 0.25) is 0 Å². The zero-order valence-electron chi connectivity index (χ0n) is 8.23. The van der Waals surface area contributed by atoms with Gasteiger partial charge in [-0.15, -0.1) is 0 Å². The molecule has 0 saturated heterocycles. The lowest BCUT2D eigenvalue weighted by Gasteiger charge is -2.18. The highest BCUT2D eigenvalue weighted by Crippen LogP contribution is 2.34. The number of rotatable bonds is 1. The number of nitrogens with zero attached hydrogens (tertiary/aromatic N) is 1. The third kappa shape index (κ3) is 1.70. The van der Waals surface area contributed by atoms with Crippen molar-refractivity contribution >= 4 is 23.6 Å². The maximum Gasteiger partial charge on any atom is 0.176 e. The first-order valence-electron chi connectivity index (χ1n) is 4.78. The largest absolute Gasteiger partial charge is 0.486 e. The number of H-pyrrole nitrogens is 1. The van der Waals surface area contributed by atoms with Crippen LogP contribution in [0.4, 0.5) is 0 Å². The fourth-order valence-electron chi connectivity index (χ4n) is 1.53. The Morgan fingerprint density at radius 1 is 1.25 bits per heavy atom. The molecule has 0 unspecified atom stereocenters. The lowest BCUT2D eigenvalue weighted by atomic mass is 10.2. The Balaban J connectivity index is 2.06. The van der Waals surface area contributed by atoms with Gasteiger partial charge in [0.25, 0.3) is 0 Å².